The van der Waals surface area contributed by atoms with Crippen LogP contribution >= 0.6 is 11.3 Å². The van der Waals surface area contributed by atoms with Gasteiger partial charge in [0.15, 0.2) is 0 Å². The molecule has 2 N–H and O–H groups in total. The molecule has 0 bridgehead atoms. The zero-order valence-electron chi connectivity index (χ0n) is 16.5. The van der Waals surface area contributed by atoms with Crippen LogP contribution < -0.4 is 10.2 Å². The zero-order valence-corrected chi connectivity index (χ0v) is 17.3. The number of piperazine rings is 1. The van der Waals surface area contributed by atoms with E-state index in [0.717, 1.165) is 16.7 Å². The molecular weight excluding hydrogens is 414 g/mol. The Hall–Kier alpha value is -3.79. The van der Waals surface area contributed by atoms with E-state index in [4.69, 9.17) is 0 Å². The van der Waals surface area contributed by atoms with E-state index in [1.165, 1.54) is 11.3 Å². The number of rotatable bonds is 4. The van der Waals surface area contributed by atoms with Crippen LogP contribution in [0.3, 0.4) is 0 Å². The Bertz CT molecular complexity index is 1180. The number of carbonyl (C=O) groups is 2. The lowest BCUT2D eigenvalue weighted by atomic mass is 10.2. The molecule has 1 saturated heterocycles. The Morgan fingerprint density at radius 3 is 2.61 bits per heavy atom. The number of hydrogen-bond donors (Lipinski definition) is 2. The third kappa shape index (κ3) is 3.97. The number of amides is 2. The molecule has 5 rings (SSSR count). The summed E-state index contributed by atoms with van der Waals surface area (Å²) in [4.78, 5) is 36.7. The number of nitrogens with one attached hydrogen (secondary N) is 2. The molecule has 0 aliphatic carbocycles. The monoisotopic (exact) mass is 433 g/mol. The highest BCUT2D eigenvalue weighted by molar-refractivity contribution is 7.13. The van der Waals surface area contributed by atoms with Gasteiger partial charge in [0.25, 0.3) is 11.8 Å². The number of anilines is 2. The first-order valence-electron chi connectivity index (χ1n) is 9.83. The molecular formula is C21H19N7O2S. The molecule has 0 spiro atoms. The Morgan fingerprint density at radius 1 is 1.06 bits per heavy atom. The molecule has 4 heterocycles. The number of benzene rings is 1. The number of aromatic nitrogens is 4. The molecule has 0 unspecified atom stereocenters. The molecule has 0 radical (unpaired) electrons. The van der Waals surface area contributed by atoms with Gasteiger partial charge >= 0.3 is 0 Å². The normalized spacial score (nSPS) is 14.1. The number of para-hydroxylation sites is 1. The number of H-pyrrole nitrogens is 1. The fourth-order valence-electron chi connectivity index (χ4n) is 3.60. The SMILES string of the molecule is O=C(Nc1nncs1)c1ccc(N2CCN(C(=O)c3cc4ccccc4[nH]3)CC2)nc1. The predicted octanol–water partition coefficient (Wildman–Crippen LogP) is 2.63. The van der Waals surface area contributed by atoms with Crippen LogP contribution in [0.1, 0.15) is 20.8 Å². The number of pyridine rings is 1. The summed E-state index contributed by atoms with van der Waals surface area (Å²) in [5.41, 5.74) is 3.58. The Kier molecular flexibility index (Phi) is 5.04. The largest absolute Gasteiger partial charge is 0.353 e. The van der Waals surface area contributed by atoms with Gasteiger partial charge in [0, 0.05) is 43.3 Å². The molecule has 31 heavy (non-hydrogen) atoms. The molecule has 0 saturated carbocycles. The minimum absolute atomic E-state index is 0.00695. The van der Waals surface area contributed by atoms with E-state index in [2.05, 4.69) is 30.4 Å². The van der Waals surface area contributed by atoms with E-state index in [0.29, 0.717) is 42.6 Å². The molecule has 9 nitrogen and oxygen atoms in total. The average molecular weight is 433 g/mol. The number of aromatic amines is 1. The summed E-state index contributed by atoms with van der Waals surface area (Å²) in [5.74, 6) is 0.516. The predicted molar refractivity (Wildman–Crippen MR) is 119 cm³/mol. The zero-order chi connectivity index (χ0) is 21.2. The Balaban J connectivity index is 1.20. The molecule has 1 aliphatic heterocycles. The summed E-state index contributed by atoms with van der Waals surface area (Å²) in [6, 6.07) is 13.3. The van der Waals surface area contributed by atoms with Crippen molar-refractivity contribution in [2.75, 3.05) is 36.4 Å². The first kappa shape index (κ1) is 19.2. The van der Waals surface area contributed by atoms with E-state index in [1.54, 1.807) is 17.8 Å². The van der Waals surface area contributed by atoms with Crippen molar-refractivity contribution in [3.05, 3.63) is 65.4 Å². The van der Waals surface area contributed by atoms with Crippen molar-refractivity contribution >= 4 is 45.0 Å². The summed E-state index contributed by atoms with van der Waals surface area (Å²) in [7, 11) is 0. The maximum absolute atomic E-state index is 12.9. The van der Waals surface area contributed by atoms with E-state index in [-0.39, 0.29) is 11.8 Å². The van der Waals surface area contributed by atoms with Gasteiger partial charge in [-0.1, -0.05) is 29.5 Å². The summed E-state index contributed by atoms with van der Waals surface area (Å²) >= 11 is 1.26. The van der Waals surface area contributed by atoms with Crippen molar-refractivity contribution in [1.82, 2.24) is 25.1 Å². The minimum atomic E-state index is -0.274. The van der Waals surface area contributed by atoms with Crippen LogP contribution in [-0.2, 0) is 0 Å². The molecule has 1 aromatic carbocycles. The van der Waals surface area contributed by atoms with Crippen LogP contribution in [0, 0.1) is 0 Å². The van der Waals surface area contributed by atoms with Gasteiger partial charge in [0.05, 0.1) is 5.56 Å². The van der Waals surface area contributed by atoms with Crippen molar-refractivity contribution in [2.45, 2.75) is 0 Å². The van der Waals surface area contributed by atoms with E-state index in [9.17, 15) is 9.59 Å². The molecule has 2 amide bonds. The van der Waals surface area contributed by atoms with E-state index in [1.807, 2.05) is 41.3 Å². The minimum Gasteiger partial charge on any atom is -0.353 e. The fraction of sp³-hybridized carbons (Fsp3) is 0.190. The first-order chi connectivity index (χ1) is 15.2. The summed E-state index contributed by atoms with van der Waals surface area (Å²) in [6.45, 7) is 2.56. The third-order valence-corrected chi connectivity index (χ3v) is 5.85. The second-order valence-corrected chi connectivity index (χ2v) is 7.99. The van der Waals surface area contributed by atoms with Gasteiger partial charge in [-0.15, -0.1) is 10.2 Å². The topological polar surface area (TPSA) is 107 Å². The lowest BCUT2D eigenvalue weighted by Crippen LogP contribution is -2.49. The summed E-state index contributed by atoms with van der Waals surface area (Å²) in [6.07, 6.45) is 1.55. The Morgan fingerprint density at radius 2 is 1.90 bits per heavy atom. The molecule has 1 aliphatic rings. The maximum Gasteiger partial charge on any atom is 0.270 e. The highest BCUT2D eigenvalue weighted by Gasteiger charge is 2.24. The number of carbonyl (C=O) groups excluding carboxylic acids is 2. The van der Waals surface area contributed by atoms with Crippen molar-refractivity contribution in [2.24, 2.45) is 0 Å². The average Bonchev–Trinajstić information content (AvgIpc) is 3.48. The smallest absolute Gasteiger partial charge is 0.270 e. The van der Waals surface area contributed by atoms with Crippen LogP contribution in [-0.4, -0.2) is 63.1 Å². The number of hydrogen-bond acceptors (Lipinski definition) is 7. The van der Waals surface area contributed by atoms with Gasteiger partial charge in [-0.25, -0.2) is 4.98 Å². The van der Waals surface area contributed by atoms with E-state index >= 15 is 0 Å². The number of nitrogens with zero attached hydrogens (tertiary/aromatic N) is 5. The van der Waals surface area contributed by atoms with Gasteiger partial charge in [0.1, 0.15) is 17.0 Å². The molecule has 156 valence electrons. The van der Waals surface area contributed by atoms with Gasteiger partial charge in [0.2, 0.25) is 5.13 Å². The highest BCUT2D eigenvalue weighted by atomic mass is 32.1. The van der Waals surface area contributed by atoms with Crippen LogP contribution in [0.25, 0.3) is 10.9 Å². The molecule has 0 atom stereocenters. The quantitative estimate of drug-likeness (QED) is 0.512. The molecule has 10 heteroatoms. The standard InChI is InChI=1S/C21H19N7O2S/c29-19(25-21-26-23-13-31-21)15-5-6-18(22-12-15)27-7-9-28(10-8-27)20(30)17-11-14-3-1-2-4-16(14)24-17/h1-6,11-13,24H,7-10H2,(H,25,26,29). The third-order valence-electron chi connectivity index (χ3n) is 5.24. The maximum atomic E-state index is 12.9. The van der Waals surface area contributed by atoms with Crippen LogP contribution in [0.5, 0.6) is 0 Å². The van der Waals surface area contributed by atoms with Crippen molar-refractivity contribution in [1.29, 1.82) is 0 Å². The molecule has 4 aromatic rings. The van der Waals surface area contributed by atoms with Gasteiger partial charge in [-0.3, -0.25) is 14.9 Å². The second-order valence-electron chi connectivity index (χ2n) is 7.15. The first-order valence-corrected chi connectivity index (χ1v) is 10.7. The van der Waals surface area contributed by atoms with Gasteiger partial charge < -0.3 is 14.8 Å². The summed E-state index contributed by atoms with van der Waals surface area (Å²) < 4.78 is 0. The number of fused-ring (bicyclic) bond motifs is 1. The van der Waals surface area contributed by atoms with Crippen molar-refractivity contribution < 1.29 is 9.59 Å². The van der Waals surface area contributed by atoms with Crippen LogP contribution in [0.4, 0.5) is 10.9 Å². The lowest BCUT2D eigenvalue weighted by molar-refractivity contribution is 0.0741. The lowest BCUT2D eigenvalue weighted by Gasteiger charge is -2.35. The van der Waals surface area contributed by atoms with Gasteiger partial charge in [-0.05, 0) is 24.3 Å². The highest BCUT2D eigenvalue weighted by Crippen LogP contribution is 2.19. The summed E-state index contributed by atoms with van der Waals surface area (Å²) in [5, 5.41) is 11.7. The van der Waals surface area contributed by atoms with Crippen molar-refractivity contribution in [3.8, 4) is 0 Å². The Labute approximate surface area is 181 Å². The van der Waals surface area contributed by atoms with E-state index < -0.39 is 0 Å². The van der Waals surface area contributed by atoms with Crippen LogP contribution in [0.2, 0.25) is 0 Å². The fourth-order valence-corrected chi connectivity index (χ4v) is 4.04. The van der Waals surface area contributed by atoms with Crippen molar-refractivity contribution in [3.63, 3.8) is 0 Å². The molecule has 3 aromatic heterocycles. The molecule has 1 fully saturated rings. The van der Waals surface area contributed by atoms with Gasteiger partial charge in [-0.2, -0.15) is 0 Å². The second kappa shape index (κ2) is 8.15. The van der Waals surface area contributed by atoms with Crippen LogP contribution in [0.15, 0.2) is 54.2 Å².